The van der Waals surface area contributed by atoms with Gasteiger partial charge in [0.1, 0.15) is 5.75 Å². The van der Waals surface area contributed by atoms with Crippen LogP contribution in [0.4, 0.5) is 0 Å². The van der Waals surface area contributed by atoms with Crippen LogP contribution in [0, 0.1) is 13.8 Å². The number of rotatable bonds is 5. The summed E-state index contributed by atoms with van der Waals surface area (Å²) in [4.78, 5) is 14.4. The van der Waals surface area contributed by atoms with E-state index in [0.717, 1.165) is 46.6 Å². The van der Waals surface area contributed by atoms with Crippen molar-refractivity contribution in [3.8, 4) is 5.75 Å². The van der Waals surface area contributed by atoms with Gasteiger partial charge in [-0.2, -0.15) is 0 Å². The second-order valence-electron chi connectivity index (χ2n) is 5.98. The van der Waals surface area contributed by atoms with Crippen LogP contribution in [0.3, 0.4) is 0 Å². The molecule has 0 unspecified atom stereocenters. The van der Waals surface area contributed by atoms with E-state index in [2.05, 4.69) is 39.9 Å². The van der Waals surface area contributed by atoms with Crippen molar-refractivity contribution in [2.75, 3.05) is 14.2 Å². The molecule has 0 amide bonds. The van der Waals surface area contributed by atoms with E-state index in [-0.39, 0.29) is 0 Å². The molecule has 0 saturated heterocycles. The summed E-state index contributed by atoms with van der Waals surface area (Å²) in [7, 11) is 3.80. The summed E-state index contributed by atoms with van der Waals surface area (Å²) in [6, 6.07) is 4.14. The number of ether oxygens (including phenoxy) is 1. The Morgan fingerprint density at radius 1 is 1.22 bits per heavy atom. The molecule has 120 valence electrons. The van der Waals surface area contributed by atoms with E-state index in [4.69, 9.17) is 4.74 Å². The zero-order chi connectivity index (χ0) is 16.4. The van der Waals surface area contributed by atoms with Gasteiger partial charge < -0.3 is 9.72 Å². The van der Waals surface area contributed by atoms with Gasteiger partial charge in [-0.1, -0.05) is 0 Å². The molecule has 1 N–H and O–H groups in total. The van der Waals surface area contributed by atoms with Crippen LogP contribution in [0.2, 0.25) is 0 Å². The average Bonchev–Trinajstić information content (AvgIpc) is 2.92. The van der Waals surface area contributed by atoms with E-state index < -0.39 is 0 Å². The van der Waals surface area contributed by atoms with E-state index in [1.165, 1.54) is 5.69 Å². The number of hydrogen-bond donors (Lipinski definition) is 1. The molecule has 0 aliphatic rings. The second kappa shape index (κ2) is 6.38. The van der Waals surface area contributed by atoms with Crippen LogP contribution >= 0.6 is 0 Å². The summed E-state index contributed by atoms with van der Waals surface area (Å²) in [5, 5.41) is 1.14. The summed E-state index contributed by atoms with van der Waals surface area (Å²) in [5.41, 5.74) is 5.52. The lowest BCUT2D eigenvalue weighted by molar-refractivity contribution is 0.310. The van der Waals surface area contributed by atoms with Crippen LogP contribution in [0.1, 0.15) is 22.5 Å². The Bertz CT molecular complexity index is 792. The Kier molecular flexibility index (Phi) is 4.30. The van der Waals surface area contributed by atoms with Crippen LogP contribution in [-0.4, -0.2) is 34.0 Å². The number of H-pyrrole nitrogens is 1. The molecule has 0 spiro atoms. The van der Waals surface area contributed by atoms with Crippen LogP contribution in [0.5, 0.6) is 5.75 Å². The SMILES string of the molecule is COc1c(C)cnc(CN(C)Cc2cc3cnccc3[nH]2)c1C. The monoisotopic (exact) mass is 310 g/mol. The molecular formula is C18H22N4O. The lowest BCUT2D eigenvalue weighted by Gasteiger charge is -2.18. The van der Waals surface area contributed by atoms with Crippen molar-refractivity contribution in [2.24, 2.45) is 0 Å². The predicted octanol–water partition coefficient (Wildman–Crippen LogP) is 3.22. The quantitative estimate of drug-likeness (QED) is 0.786. The Labute approximate surface area is 136 Å². The van der Waals surface area contributed by atoms with Crippen molar-refractivity contribution in [3.05, 3.63) is 53.2 Å². The van der Waals surface area contributed by atoms with Crippen molar-refractivity contribution in [3.63, 3.8) is 0 Å². The van der Waals surface area contributed by atoms with E-state index in [1.807, 2.05) is 25.4 Å². The number of pyridine rings is 2. The number of methoxy groups -OCH3 is 1. The summed E-state index contributed by atoms with van der Waals surface area (Å²) >= 11 is 0. The van der Waals surface area contributed by atoms with Gasteiger partial charge in [0.05, 0.1) is 12.8 Å². The first-order chi connectivity index (χ1) is 11.1. The molecule has 0 saturated carbocycles. The number of aromatic amines is 1. The van der Waals surface area contributed by atoms with Crippen LogP contribution in [-0.2, 0) is 13.1 Å². The summed E-state index contributed by atoms with van der Waals surface area (Å²) in [5.74, 6) is 0.931. The molecule has 3 aromatic heterocycles. The van der Waals surface area contributed by atoms with Crippen LogP contribution in [0.15, 0.2) is 30.7 Å². The minimum atomic E-state index is 0.774. The Morgan fingerprint density at radius 2 is 2.04 bits per heavy atom. The first-order valence-electron chi connectivity index (χ1n) is 7.67. The zero-order valence-corrected chi connectivity index (χ0v) is 14.1. The highest BCUT2D eigenvalue weighted by atomic mass is 16.5. The molecule has 23 heavy (non-hydrogen) atoms. The largest absolute Gasteiger partial charge is 0.496 e. The summed E-state index contributed by atoms with van der Waals surface area (Å²) in [6.45, 7) is 5.68. The molecule has 5 nitrogen and oxygen atoms in total. The summed E-state index contributed by atoms with van der Waals surface area (Å²) < 4.78 is 5.48. The lowest BCUT2D eigenvalue weighted by Crippen LogP contribution is -2.19. The van der Waals surface area contributed by atoms with Crippen molar-refractivity contribution >= 4 is 10.9 Å². The van der Waals surface area contributed by atoms with Gasteiger partial charge >= 0.3 is 0 Å². The maximum atomic E-state index is 5.48. The van der Waals surface area contributed by atoms with Crippen LogP contribution < -0.4 is 4.74 Å². The molecule has 0 atom stereocenters. The van der Waals surface area contributed by atoms with E-state index in [9.17, 15) is 0 Å². The first kappa shape index (κ1) is 15.5. The Hall–Kier alpha value is -2.40. The fourth-order valence-electron chi connectivity index (χ4n) is 2.95. The first-order valence-corrected chi connectivity index (χ1v) is 7.67. The number of fused-ring (bicyclic) bond motifs is 1. The fraction of sp³-hybridized carbons (Fsp3) is 0.333. The molecule has 0 radical (unpaired) electrons. The molecule has 5 heteroatoms. The topological polar surface area (TPSA) is 54.0 Å². The van der Waals surface area contributed by atoms with Crippen molar-refractivity contribution < 1.29 is 4.74 Å². The standard InChI is InChI=1S/C18H22N4O/c1-12-8-20-17(13(2)18(12)23-4)11-22(3)10-15-7-14-9-19-6-5-16(14)21-15/h5-9,21H,10-11H2,1-4H3. The number of hydrogen-bond acceptors (Lipinski definition) is 4. The minimum Gasteiger partial charge on any atom is -0.496 e. The van der Waals surface area contributed by atoms with Gasteiger partial charge in [0, 0.05) is 59.4 Å². The molecule has 3 rings (SSSR count). The predicted molar refractivity (Wildman–Crippen MR) is 91.5 cm³/mol. The highest BCUT2D eigenvalue weighted by Gasteiger charge is 2.12. The molecule has 0 aromatic carbocycles. The van der Waals surface area contributed by atoms with Gasteiger partial charge in [0.15, 0.2) is 0 Å². The third kappa shape index (κ3) is 3.19. The normalized spacial score (nSPS) is 11.3. The maximum Gasteiger partial charge on any atom is 0.128 e. The third-order valence-corrected chi connectivity index (χ3v) is 4.09. The van der Waals surface area contributed by atoms with Gasteiger partial charge in [0.25, 0.3) is 0 Å². The van der Waals surface area contributed by atoms with Crippen LogP contribution in [0.25, 0.3) is 10.9 Å². The van der Waals surface area contributed by atoms with Gasteiger partial charge in [-0.05, 0) is 33.0 Å². The van der Waals surface area contributed by atoms with Gasteiger partial charge in [0.2, 0.25) is 0 Å². The third-order valence-electron chi connectivity index (χ3n) is 4.09. The fourth-order valence-corrected chi connectivity index (χ4v) is 2.95. The molecule has 0 aliphatic heterocycles. The molecule has 3 heterocycles. The lowest BCUT2D eigenvalue weighted by atomic mass is 10.1. The second-order valence-corrected chi connectivity index (χ2v) is 5.98. The number of nitrogens with zero attached hydrogens (tertiary/aromatic N) is 3. The van der Waals surface area contributed by atoms with E-state index in [1.54, 1.807) is 13.3 Å². The molecule has 0 aliphatic carbocycles. The molecule has 3 aromatic rings. The van der Waals surface area contributed by atoms with Crippen molar-refractivity contribution in [2.45, 2.75) is 26.9 Å². The average molecular weight is 310 g/mol. The smallest absolute Gasteiger partial charge is 0.128 e. The number of aryl methyl sites for hydroxylation is 1. The van der Waals surface area contributed by atoms with E-state index >= 15 is 0 Å². The molecule has 0 bridgehead atoms. The number of nitrogens with one attached hydrogen (secondary N) is 1. The van der Waals surface area contributed by atoms with Crippen molar-refractivity contribution in [1.29, 1.82) is 0 Å². The minimum absolute atomic E-state index is 0.774. The zero-order valence-electron chi connectivity index (χ0n) is 14.1. The van der Waals surface area contributed by atoms with E-state index in [0.29, 0.717) is 0 Å². The van der Waals surface area contributed by atoms with Gasteiger partial charge in [-0.15, -0.1) is 0 Å². The highest BCUT2D eigenvalue weighted by molar-refractivity contribution is 5.79. The summed E-state index contributed by atoms with van der Waals surface area (Å²) in [6.07, 6.45) is 5.56. The maximum absolute atomic E-state index is 5.48. The Balaban J connectivity index is 1.75. The van der Waals surface area contributed by atoms with Crippen molar-refractivity contribution in [1.82, 2.24) is 19.9 Å². The highest BCUT2D eigenvalue weighted by Crippen LogP contribution is 2.25. The van der Waals surface area contributed by atoms with Gasteiger partial charge in [-0.25, -0.2) is 0 Å². The number of aromatic nitrogens is 3. The Morgan fingerprint density at radius 3 is 2.78 bits per heavy atom. The van der Waals surface area contributed by atoms with Gasteiger partial charge in [-0.3, -0.25) is 14.9 Å². The molecular weight excluding hydrogens is 288 g/mol. The molecule has 0 fully saturated rings.